The molecule has 0 aliphatic carbocycles. The van der Waals surface area contributed by atoms with Crippen molar-refractivity contribution >= 4 is 6.21 Å². The molecule has 0 aromatic carbocycles. The van der Waals surface area contributed by atoms with E-state index in [1.165, 1.54) is 6.21 Å². The third kappa shape index (κ3) is 5.37. The van der Waals surface area contributed by atoms with Gasteiger partial charge in [0.1, 0.15) is 0 Å². The van der Waals surface area contributed by atoms with E-state index in [1.807, 2.05) is 19.1 Å². The maximum absolute atomic E-state index is 6.63. The molecule has 3 N–H and O–H groups in total. The summed E-state index contributed by atoms with van der Waals surface area (Å²) < 4.78 is 0. The molecule has 0 fully saturated rings. The number of hydrogen-bond acceptors (Lipinski definition) is 2. The van der Waals surface area contributed by atoms with Crippen molar-refractivity contribution in [1.82, 2.24) is 0 Å². The lowest BCUT2D eigenvalue weighted by molar-refractivity contribution is 0.922. The van der Waals surface area contributed by atoms with Gasteiger partial charge < -0.3 is 11.1 Å². The molecule has 8 heavy (non-hydrogen) atoms. The van der Waals surface area contributed by atoms with Crippen LogP contribution in [0.1, 0.15) is 13.3 Å². The highest BCUT2D eigenvalue weighted by Crippen LogP contribution is 1.80. The van der Waals surface area contributed by atoms with Crippen molar-refractivity contribution in [2.45, 2.75) is 19.4 Å². The lowest BCUT2D eigenvalue weighted by Crippen LogP contribution is -2.09. The lowest BCUT2D eigenvalue weighted by atomic mass is 10.3. The van der Waals surface area contributed by atoms with Gasteiger partial charge in [0, 0.05) is 12.5 Å². The van der Waals surface area contributed by atoms with Crippen molar-refractivity contribution in [1.29, 1.82) is 5.41 Å². The molecule has 46 valence electrons. The first kappa shape index (κ1) is 7.37. The fourth-order valence-electron chi connectivity index (χ4n) is 0.361. The number of rotatable bonds is 3. The van der Waals surface area contributed by atoms with Gasteiger partial charge in [-0.25, -0.2) is 0 Å². The van der Waals surface area contributed by atoms with Gasteiger partial charge in [0.2, 0.25) is 0 Å². The summed E-state index contributed by atoms with van der Waals surface area (Å²) in [7, 11) is 0. The Kier molecular flexibility index (Phi) is 4.17. The molecule has 0 radical (unpaired) electrons. The molecule has 0 saturated carbocycles. The monoisotopic (exact) mass is 112 g/mol. The van der Waals surface area contributed by atoms with Crippen LogP contribution < -0.4 is 5.73 Å². The molecular weight excluding hydrogens is 100 g/mol. The predicted octanol–water partition coefficient (Wildman–Crippen LogP) is 0.929. The van der Waals surface area contributed by atoms with Crippen LogP contribution in [0.5, 0.6) is 0 Å². The van der Waals surface area contributed by atoms with Gasteiger partial charge in [-0.2, -0.15) is 0 Å². The first-order valence-corrected chi connectivity index (χ1v) is 2.68. The third-order valence-electron chi connectivity index (χ3n) is 0.694. The number of nitrogens with two attached hydrogens (primary N) is 1. The van der Waals surface area contributed by atoms with Crippen LogP contribution in [0, 0.1) is 5.41 Å². The number of nitrogens with one attached hydrogen (secondary N) is 1. The minimum absolute atomic E-state index is 0.120. The Hall–Kier alpha value is -0.630. The SMILES string of the molecule is CC(N)C=CCC=N. The molecule has 0 aliphatic heterocycles. The van der Waals surface area contributed by atoms with Crippen LogP contribution in [0.3, 0.4) is 0 Å². The quantitative estimate of drug-likeness (QED) is 0.414. The van der Waals surface area contributed by atoms with Gasteiger partial charge >= 0.3 is 0 Å². The van der Waals surface area contributed by atoms with Crippen LogP contribution in [-0.4, -0.2) is 12.3 Å². The molecule has 0 rings (SSSR count). The second-order valence-electron chi connectivity index (χ2n) is 1.73. The van der Waals surface area contributed by atoms with Gasteiger partial charge in [0.15, 0.2) is 0 Å². The highest BCUT2D eigenvalue weighted by atomic mass is 14.6. The van der Waals surface area contributed by atoms with Crippen LogP contribution in [0.4, 0.5) is 0 Å². The number of allylic oxidation sites excluding steroid dienone is 1. The highest BCUT2D eigenvalue weighted by molar-refractivity contribution is 5.55. The van der Waals surface area contributed by atoms with E-state index in [9.17, 15) is 0 Å². The average Bonchev–Trinajstić information content (AvgIpc) is 1.66. The zero-order valence-electron chi connectivity index (χ0n) is 5.09. The summed E-state index contributed by atoms with van der Waals surface area (Å²) in [5, 5.41) is 6.63. The zero-order valence-corrected chi connectivity index (χ0v) is 5.09. The fraction of sp³-hybridized carbons (Fsp3) is 0.500. The summed E-state index contributed by atoms with van der Waals surface area (Å²) in [5.41, 5.74) is 5.37. The Morgan fingerprint density at radius 3 is 2.75 bits per heavy atom. The topological polar surface area (TPSA) is 49.9 Å². The van der Waals surface area contributed by atoms with Crippen LogP contribution >= 0.6 is 0 Å². The first-order chi connectivity index (χ1) is 3.77. The van der Waals surface area contributed by atoms with Crippen LogP contribution in [0.25, 0.3) is 0 Å². The van der Waals surface area contributed by atoms with Gasteiger partial charge in [-0.1, -0.05) is 12.2 Å². The second kappa shape index (κ2) is 4.53. The smallest absolute Gasteiger partial charge is 0.0194 e. The minimum Gasteiger partial charge on any atom is -0.325 e. The molecule has 0 saturated heterocycles. The second-order valence-corrected chi connectivity index (χ2v) is 1.73. The maximum atomic E-state index is 6.63. The Morgan fingerprint density at radius 1 is 1.75 bits per heavy atom. The van der Waals surface area contributed by atoms with E-state index < -0.39 is 0 Å². The summed E-state index contributed by atoms with van der Waals surface area (Å²) in [5.74, 6) is 0. The maximum Gasteiger partial charge on any atom is 0.0194 e. The molecular formula is C6H12N2. The number of hydrogen-bond donors (Lipinski definition) is 2. The summed E-state index contributed by atoms with van der Waals surface area (Å²) in [6.07, 6.45) is 5.81. The van der Waals surface area contributed by atoms with E-state index in [1.54, 1.807) is 0 Å². The van der Waals surface area contributed by atoms with Gasteiger partial charge in [0.05, 0.1) is 0 Å². The Balaban J connectivity index is 3.19. The summed E-state index contributed by atoms with van der Waals surface area (Å²) in [6.45, 7) is 1.90. The fourth-order valence-corrected chi connectivity index (χ4v) is 0.361. The molecule has 0 aliphatic rings. The molecule has 0 spiro atoms. The van der Waals surface area contributed by atoms with Crippen LogP contribution in [0.2, 0.25) is 0 Å². The van der Waals surface area contributed by atoms with Crippen molar-refractivity contribution in [2.24, 2.45) is 5.73 Å². The molecule has 2 nitrogen and oxygen atoms in total. The molecule has 1 atom stereocenters. The van der Waals surface area contributed by atoms with Crippen LogP contribution in [0.15, 0.2) is 12.2 Å². The molecule has 0 aromatic heterocycles. The van der Waals surface area contributed by atoms with Crippen molar-refractivity contribution < 1.29 is 0 Å². The van der Waals surface area contributed by atoms with Gasteiger partial charge in [-0.3, -0.25) is 0 Å². The largest absolute Gasteiger partial charge is 0.325 e. The molecule has 0 heterocycles. The first-order valence-electron chi connectivity index (χ1n) is 2.68. The Bertz CT molecular complexity index is 84.5. The van der Waals surface area contributed by atoms with E-state index in [0.717, 1.165) is 0 Å². The van der Waals surface area contributed by atoms with Crippen LogP contribution in [-0.2, 0) is 0 Å². The van der Waals surface area contributed by atoms with Gasteiger partial charge in [-0.15, -0.1) is 0 Å². The van der Waals surface area contributed by atoms with E-state index >= 15 is 0 Å². The van der Waals surface area contributed by atoms with E-state index in [2.05, 4.69) is 0 Å². The van der Waals surface area contributed by atoms with E-state index in [4.69, 9.17) is 11.1 Å². The van der Waals surface area contributed by atoms with E-state index in [-0.39, 0.29) is 6.04 Å². The highest BCUT2D eigenvalue weighted by Gasteiger charge is 1.79. The third-order valence-corrected chi connectivity index (χ3v) is 0.694. The minimum atomic E-state index is 0.120. The van der Waals surface area contributed by atoms with Crippen molar-refractivity contribution in [3.8, 4) is 0 Å². The average molecular weight is 112 g/mol. The predicted molar refractivity (Wildman–Crippen MR) is 36.2 cm³/mol. The van der Waals surface area contributed by atoms with E-state index in [0.29, 0.717) is 6.42 Å². The zero-order chi connectivity index (χ0) is 6.41. The van der Waals surface area contributed by atoms with Gasteiger partial charge in [0.25, 0.3) is 0 Å². The Labute approximate surface area is 49.9 Å². The van der Waals surface area contributed by atoms with Crippen molar-refractivity contribution in [2.75, 3.05) is 0 Å². The normalized spacial score (nSPS) is 14.2. The van der Waals surface area contributed by atoms with Gasteiger partial charge in [-0.05, 0) is 13.1 Å². The van der Waals surface area contributed by atoms with Crippen molar-refractivity contribution in [3.05, 3.63) is 12.2 Å². The molecule has 2 heteroatoms. The van der Waals surface area contributed by atoms with Crippen molar-refractivity contribution in [3.63, 3.8) is 0 Å². The molecule has 0 aromatic rings. The lowest BCUT2D eigenvalue weighted by Gasteiger charge is -1.90. The molecule has 0 amide bonds. The Morgan fingerprint density at radius 2 is 2.38 bits per heavy atom. The standard InChI is InChI=1S/C6H12N2/c1-6(8)4-2-3-5-7/h2,4-7H,3,8H2,1H3. The summed E-state index contributed by atoms with van der Waals surface area (Å²) in [4.78, 5) is 0. The molecule has 1 unspecified atom stereocenters. The summed E-state index contributed by atoms with van der Waals surface area (Å²) in [6, 6.07) is 0.120. The summed E-state index contributed by atoms with van der Waals surface area (Å²) >= 11 is 0. The molecule has 0 bridgehead atoms.